The Labute approximate surface area is 175 Å². The molecule has 1 amide bonds. The Morgan fingerprint density at radius 1 is 1.21 bits per heavy atom. The molecule has 2 aromatic rings. The zero-order valence-corrected chi connectivity index (χ0v) is 17.8. The molecule has 1 fully saturated rings. The van der Waals surface area contributed by atoms with Crippen molar-refractivity contribution in [2.75, 3.05) is 37.8 Å². The molecule has 0 spiro atoms. The summed E-state index contributed by atoms with van der Waals surface area (Å²) in [7, 11) is 4.10. The first-order valence-electron chi connectivity index (χ1n) is 9.40. The number of halogens is 1. The van der Waals surface area contributed by atoms with Crippen LogP contribution in [0.25, 0.3) is 0 Å². The summed E-state index contributed by atoms with van der Waals surface area (Å²) in [4.78, 5) is 25.2. The predicted molar refractivity (Wildman–Crippen MR) is 115 cm³/mol. The lowest BCUT2D eigenvalue weighted by atomic mass is 10.2. The zero-order valence-electron chi connectivity index (χ0n) is 16.3. The molecule has 0 aliphatic heterocycles. The number of carbonyl (C=O) groups is 1. The van der Waals surface area contributed by atoms with Gasteiger partial charge in [0.2, 0.25) is 5.91 Å². The lowest BCUT2D eigenvalue weighted by Gasteiger charge is -2.26. The molecule has 1 N–H and O–H groups in total. The molecule has 0 radical (unpaired) electrons. The van der Waals surface area contributed by atoms with Gasteiger partial charge in [0.15, 0.2) is 5.16 Å². The molecule has 0 saturated heterocycles. The molecule has 3 rings (SSSR count). The van der Waals surface area contributed by atoms with Crippen LogP contribution in [0.3, 0.4) is 0 Å². The normalized spacial score (nSPS) is 13.6. The van der Waals surface area contributed by atoms with E-state index in [0.717, 1.165) is 38.3 Å². The third-order valence-corrected chi connectivity index (χ3v) is 5.33. The van der Waals surface area contributed by atoms with Crippen molar-refractivity contribution in [3.05, 3.63) is 47.1 Å². The first-order valence-corrected chi connectivity index (χ1v) is 10.8. The number of likely N-dealkylation sites (N-methyl/N-ethyl adjacent to an activating group) is 1. The number of thioether (sulfide) groups is 1. The van der Waals surface area contributed by atoms with Crippen LogP contribution in [0.5, 0.6) is 0 Å². The third kappa shape index (κ3) is 6.96. The molecule has 1 aromatic heterocycles. The number of nitrogens with zero attached hydrogens (tertiary/aromatic N) is 4. The fourth-order valence-corrected chi connectivity index (χ4v) is 3.53. The minimum Gasteiger partial charge on any atom is -0.353 e. The molecule has 1 aliphatic carbocycles. The smallest absolute Gasteiger partial charge is 0.230 e. The number of amides is 1. The van der Waals surface area contributed by atoms with E-state index in [1.54, 1.807) is 6.07 Å². The van der Waals surface area contributed by atoms with E-state index < -0.39 is 0 Å². The molecule has 28 heavy (non-hydrogen) atoms. The van der Waals surface area contributed by atoms with Gasteiger partial charge in [-0.15, -0.1) is 0 Å². The molecule has 1 heterocycles. The molecule has 8 heteroatoms. The van der Waals surface area contributed by atoms with E-state index in [4.69, 9.17) is 11.6 Å². The fraction of sp³-hybridized carbons (Fsp3) is 0.450. The maximum atomic E-state index is 12.0. The Balaban J connectivity index is 1.71. The molecule has 1 aromatic carbocycles. The zero-order chi connectivity index (χ0) is 19.9. The van der Waals surface area contributed by atoms with E-state index in [-0.39, 0.29) is 5.91 Å². The molecule has 1 saturated carbocycles. The van der Waals surface area contributed by atoms with Gasteiger partial charge in [-0.05, 0) is 32.5 Å². The molecule has 0 atom stereocenters. The van der Waals surface area contributed by atoms with Gasteiger partial charge in [0.1, 0.15) is 11.0 Å². The van der Waals surface area contributed by atoms with Crippen molar-refractivity contribution in [3.8, 4) is 0 Å². The summed E-state index contributed by atoms with van der Waals surface area (Å²) < 4.78 is 0. The van der Waals surface area contributed by atoms with E-state index in [0.29, 0.717) is 22.1 Å². The second kappa shape index (κ2) is 10.1. The van der Waals surface area contributed by atoms with Crippen LogP contribution < -0.4 is 10.2 Å². The van der Waals surface area contributed by atoms with Gasteiger partial charge >= 0.3 is 0 Å². The number of hydrogen-bond acceptors (Lipinski definition) is 6. The highest BCUT2D eigenvalue weighted by atomic mass is 35.5. The summed E-state index contributed by atoms with van der Waals surface area (Å²) in [5.74, 6) is 1.09. The Hall–Kier alpha value is -1.83. The van der Waals surface area contributed by atoms with Crippen molar-refractivity contribution < 1.29 is 4.79 Å². The maximum absolute atomic E-state index is 12.0. The van der Waals surface area contributed by atoms with Crippen LogP contribution in [-0.2, 0) is 11.3 Å². The summed E-state index contributed by atoms with van der Waals surface area (Å²) >= 11 is 7.59. The Kier molecular flexibility index (Phi) is 7.53. The minimum atomic E-state index is 0.0198. The third-order valence-electron chi connectivity index (χ3n) is 4.29. The molecule has 150 valence electrons. The average Bonchev–Trinajstić information content (AvgIpc) is 3.47. The van der Waals surface area contributed by atoms with Gasteiger partial charge in [0.05, 0.1) is 5.75 Å². The molecule has 0 bridgehead atoms. The number of rotatable bonds is 10. The van der Waals surface area contributed by atoms with Crippen LogP contribution in [0.15, 0.2) is 41.6 Å². The second-order valence-corrected chi connectivity index (χ2v) is 8.50. The van der Waals surface area contributed by atoms with Gasteiger partial charge in [0, 0.05) is 31.7 Å². The van der Waals surface area contributed by atoms with E-state index >= 15 is 0 Å². The van der Waals surface area contributed by atoms with E-state index in [1.165, 1.54) is 17.3 Å². The summed E-state index contributed by atoms with van der Waals surface area (Å²) in [6.07, 6.45) is 2.16. The van der Waals surface area contributed by atoms with Crippen LogP contribution in [0.4, 0.5) is 5.82 Å². The summed E-state index contributed by atoms with van der Waals surface area (Å²) in [6, 6.07) is 12.4. The van der Waals surface area contributed by atoms with Crippen molar-refractivity contribution in [1.29, 1.82) is 0 Å². The standard InChI is InChI=1S/C20H26ClN5OS/c1-25(2)10-11-26(13-15-6-4-3-5-7-15)18-12-17(21)23-20(24-18)28-14-19(27)22-16-8-9-16/h3-7,12,16H,8-11,13-14H2,1-2H3,(H,22,27). The molecule has 1 aliphatic rings. The van der Waals surface area contributed by atoms with Gasteiger partial charge in [0.25, 0.3) is 0 Å². The summed E-state index contributed by atoms with van der Waals surface area (Å²) in [6.45, 7) is 2.43. The van der Waals surface area contributed by atoms with Crippen molar-refractivity contribution in [1.82, 2.24) is 20.2 Å². The van der Waals surface area contributed by atoms with Crippen LogP contribution in [0, 0.1) is 0 Å². The maximum Gasteiger partial charge on any atom is 0.230 e. The largest absolute Gasteiger partial charge is 0.353 e. The van der Waals surface area contributed by atoms with Crippen LogP contribution in [0.2, 0.25) is 5.15 Å². The van der Waals surface area contributed by atoms with Crippen molar-refractivity contribution in [2.45, 2.75) is 30.6 Å². The number of nitrogens with one attached hydrogen (secondary N) is 1. The fourth-order valence-electron chi connectivity index (χ4n) is 2.64. The minimum absolute atomic E-state index is 0.0198. The SMILES string of the molecule is CN(C)CCN(Cc1ccccc1)c1cc(Cl)nc(SCC(=O)NC2CC2)n1. The van der Waals surface area contributed by atoms with Crippen molar-refractivity contribution >= 4 is 35.1 Å². The van der Waals surface area contributed by atoms with E-state index in [9.17, 15) is 4.79 Å². The first kappa shape index (κ1) is 20.9. The topological polar surface area (TPSA) is 61.4 Å². The molecular weight excluding hydrogens is 394 g/mol. The van der Waals surface area contributed by atoms with E-state index in [1.807, 2.05) is 32.3 Å². The van der Waals surface area contributed by atoms with Gasteiger partial charge in [-0.3, -0.25) is 4.79 Å². The number of benzene rings is 1. The second-order valence-electron chi connectivity index (χ2n) is 7.17. The van der Waals surface area contributed by atoms with Gasteiger partial charge in [-0.2, -0.15) is 0 Å². The first-order chi connectivity index (χ1) is 13.5. The predicted octanol–water partition coefficient (Wildman–Crippen LogP) is 3.07. The molecule has 0 unspecified atom stereocenters. The number of hydrogen-bond donors (Lipinski definition) is 1. The van der Waals surface area contributed by atoms with E-state index in [2.05, 4.69) is 37.2 Å². The van der Waals surface area contributed by atoms with Crippen LogP contribution >= 0.6 is 23.4 Å². The van der Waals surface area contributed by atoms with Crippen LogP contribution in [-0.4, -0.2) is 59.8 Å². The number of anilines is 1. The Morgan fingerprint density at radius 2 is 1.96 bits per heavy atom. The highest BCUT2D eigenvalue weighted by molar-refractivity contribution is 7.99. The lowest BCUT2D eigenvalue weighted by Crippen LogP contribution is -2.32. The van der Waals surface area contributed by atoms with Gasteiger partial charge in [-0.1, -0.05) is 53.7 Å². The number of carbonyl (C=O) groups excluding carboxylic acids is 1. The summed E-state index contributed by atoms with van der Waals surface area (Å²) in [5.41, 5.74) is 1.20. The monoisotopic (exact) mass is 419 g/mol. The lowest BCUT2D eigenvalue weighted by molar-refractivity contribution is -0.118. The Morgan fingerprint density at radius 3 is 2.64 bits per heavy atom. The number of aromatic nitrogens is 2. The van der Waals surface area contributed by atoms with Crippen molar-refractivity contribution in [2.24, 2.45) is 0 Å². The molecular formula is C20H26ClN5OS. The highest BCUT2D eigenvalue weighted by Gasteiger charge is 2.23. The average molecular weight is 420 g/mol. The Bertz CT molecular complexity index is 785. The highest BCUT2D eigenvalue weighted by Crippen LogP contribution is 2.24. The molecule has 6 nitrogen and oxygen atoms in total. The van der Waals surface area contributed by atoms with Gasteiger partial charge < -0.3 is 15.1 Å². The van der Waals surface area contributed by atoms with Crippen LogP contribution in [0.1, 0.15) is 18.4 Å². The van der Waals surface area contributed by atoms with Gasteiger partial charge in [-0.25, -0.2) is 9.97 Å². The van der Waals surface area contributed by atoms with Crippen molar-refractivity contribution in [3.63, 3.8) is 0 Å². The summed E-state index contributed by atoms with van der Waals surface area (Å²) in [5, 5.41) is 3.89. The quantitative estimate of drug-likeness (QED) is 0.363.